The van der Waals surface area contributed by atoms with E-state index in [1.807, 2.05) is 42.5 Å². The summed E-state index contributed by atoms with van der Waals surface area (Å²) in [5.74, 6) is -0.247. The fourth-order valence-electron chi connectivity index (χ4n) is 3.03. The number of pyridine rings is 1. The fourth-order valence-corrected chi connectivity index (χ4v) is 3.16. The average Bonchev–Trinajstić information content (AvgIpc) is 2.75. The molecule has 0 spiro atoms. The maximum Gasteiger partial charge on any atom is 0.209 e. The van der Waals surface area contributed by atoms with Crippen LogP contribution in [-0.4, -0.2) is 22.5 Å². The molecule has 0 radical (unpaired) electrons. The number of fused-ring (bicyclic) bond motifs is 1. The van der Waals surface area contributed by atoms with Crippen molar-refractivity contribution in [2.24, 2.45) is 0 Å². The van der Waals surface area contributed by atoms with Crippen molar-refractivity contribution < 1.29 is 9.90 Å². The SMILES string of the molecule is CCO.O=C(c1ccc(Cl)cc1)c1[nH]c2ccccc2c(=O)c1-c1ccccc1. The van der Waals surface area contributed by atoms with Gasteiger partial charge < -0.3 is 10.1 Å². The third-order valence-electron chi connectivity index (χ3n) is 4.30. The van der Waals surface area contributed by atoms with Gasteiger partial charge in [-0.1, -0.05) is 54.1 Å². The van der Waals surface area contributed by atoms with Crippen molar-refractivity contribution >= 4 is 28.3 Å². The zero-order chi connectivity index (χ0) is 20.8. The standard InChI is InChI=1S/C22H14ClNO2.C2H6O/c23-16-12-10-15(11-13-16)21(25)20-19(14-6-2-1-3-7-14)22(26)17-8-4-5-9-18(17)24-20;1-2-3/h1-13H,(H,24,26);3H,2H2,1H3. The predicted molar refractivity (Wildman–Crippen MR) is 118 cm³/mol. The van der Waals surface area contributed by atoms with Crippen molar-refractivity contribution in [3.63, 3.8) is 0 Å². The summed E-state index contributed by atoms with van der Waals surface area (Å²) in [5.41, 5.74) is 2.30. The van der Waals surface area contributed by atoms with Crippen LogP contribution in [0.3, 0.4) is 0 Å². The monoisotopic (exact) mass is 405 g/mol. The molecule has 0 unspecified atom stereocenters. The van der Waals surface area contributed by atoms with Gasteiger partial charge in [0.05, 0.1) is 11.3 Å². The Balaban J connectivity index is 0.000000755. The van der Waals surface area contributed by atoms with Crippen LogP contribution in [0.4, 0.5) is 0 Å². The Morgan fingerprint density at radius 1 is 0.931 bits per heavy atom. The molecule has 0 aliphatic carbocycles. The molecule has 29 heavy (non-hydrogen) atoms. The number of carbonyl (C=O) groups excluding carboxylic acids is 1. The highest BCUT2D eigenvalue weighted by Crippen LogP contribution is 2.24. The van der Waals surface area contributed by atoms with E-state index in [0.29, 0.717) is 32.6 Å². The molecule has 1 heterocycles. The second-order valence-corrected chi connectivity index (χ2v) is 6.70. The van der Waals surface area contributed by atoms with Gasteiger partial charge in [0, 0.05) is 28.1 Å². The normalized spacial score (nSPS) is 10.3. The number of halogens is 1. The number of aromatic amines is 1. The predicted octanol–water partition coefficient (Wildman–Crippen LogP) is 5.08. The van der Waals surface area contributed by atoms with Crippen LogP contribution in [0, 0.1) is 0 Å². The number of carbonyl (C=O) groups is 1. The molecule has 146 valence electrons. The maximum absolute atomic E-state index is 13.1. The summed E-state index contributed by atoms with van der Waals surface area (Å²) in [4.78, 5) is 29.4. The summed E-state index contributed by atoms with van der Waals surface area (Å²) < 4.78 is 0. The molecule has 5 heteroatoms. The largest absolute Gasteiger partial charge is 0.397 e. The number of rotatable bonds is 3. The molecule has 3 aromatic carbocycles. The summed E-state index contributed by atoms with van der Waals surface area (Å²) in [6.45, 7) is 1.93. The van der Waals surface area contributed by atoms with E-state index >= 15 is 0 Å². The van der Waals surface area contributed by atoms with Gasteiger partial charge in [0.15, 0.2) is 5.43 Å². The molecule has 4 nitrogen and oxygen atoms in total. The van der Waals surface area contributed by atoms with E-state index in [-0.39, 0.29) is 23.5 Å². The number of para-hydroxylation sites is 1. The van der Waals surface area contributed by atoms with Gasteiger partial charge in [-0.15, -0.1) is 0 Å². The van der Waals surface area contributed by atoms with Crippen molar-refractivity contribution in [3.05, 3.63) is 105 Å². The van der Waals surface area contributed by atoms with Crippen LogP contribution >= 0.6 is 11.6 Å². The van der Waals surface area contributed by atoms with Crippen LogP contribution < -0.4 is 5.43 Å². The van der Waals surface area contributed by atoms with Crippen LogP contribution in [0.1, 0.15) is 23.0 Å². The first-order valence-corrected chi connectivity index (χ1v) is 9.56. The number of ketones is 1. The Morgan fingerprint density at radius 2 is 1.52 bits per heavy atom. The van der Waals surface area contributed by atoms with Crippen LogP contribution in [0.2, 0.25) is 5.02 Å². The van der Waals surface area contributed by atoms with Crippen molar-refractivity contribution in [3.8, 4) is 11.1 Å². The summed E-state index contributed by atoms with van der Waals surface area (Å²) in [6, 6.07) is 23.1. The van der Waals surface area contributed by atoms with Crippen molar-refractivity contribution in [2.45, 2.75) is 6.92 Å². The molecule has 0 aliphatic heterocycles. The molecule has 0 aliphatic rings. The van der Waals surface area contributed by atoms with Gasteiger partial charge in [0.2, 0.25) is 5.78 Å². The molecule has 4 rings (SSSR count). The van der Waals surface area contributed by atoms with E-state index in [9.17, 15) is 9.59 Å². The molecule has 0 saturated heterocycles. The van der Waals surface area contributed by atoms with Crippen LogP contribution in [0.5, 0.6) is 0 Å². The number of aromatic nitrogens is 1. The summed E-state index contributed by atoms with van der Waals surface area (Å²) in [7, 11) is 0. The number of aliphatic hydroxyl groups excluding tert-OH is 1. The molecular formula is C24H20ClNO3. The molecule has 0 amide bonds. The molecular weight excluding hydrogens is 386 g/mol. The maximum atomic E-state index is 13.1. The van der Waals surface area contributed by atoms with Gasteiger partial charge in [-0.05, 0) is 48.9 Å². The molecule has 0 bridgehead atoms. The summed E-state index contributed by atoms with van der Waals surface area (Å²) in [6.07, 6.45) is 0. The highest BCUT2D eigenvalue weighted by Gasteiger charge is 2.20. The minimum atomic E-state index is -0.247. The number of H-pyrrole nitrogens is 1. The smallest absolute Gasteiger partial charge is 0.209 e. The van der Waals surface area contributed by atoms with Gasteiger partial charge >= 0.3 is 0 Å². The Hall–Kier alpha value is -3.21. The van der Waals surface area contributed by atoms with E-state index in [1.54, 1.807) is 43.3 Å². The van der Waals surface area contributed by atoms with E-state index < -0.39 is 0 Å². The lowest BCUT2D eigenvalue weighted by Gasteiger charge is -2.11. The summed E-state index contributed by atoms with van der Waals surface area (Å²) in [5, 5.41) is 8.68. The average molecular weight is 406 g/mol. The Labute approximate surface area is 173 Å². The zero-order valence-corrected chi connectivity index (χ0v) is 16.6. The first-order chi connectivity index (χ1) is 14.1. The zero-order valence-electron chi connectivity index (χ0n) is 15.9. The molecule has 2 N–H and O–H groups in total. The number of benzene rings is 3. The number of nitrogens with one attached hydrogen (secondary N) is 1. The van der Waals surface area contributed by atoms with Crippen LogP contribution in [-0.2, 0) is 0 Å². The van der Waals surface area contributed by atoms with Gasteiger partial charge in [-0.3, -0.25) is 9.59 Å². The lowest BCUT2D eigenvalue weighted by molar-refractivity contribution is 0.103. The second-order valence-electron chi connectivity index (χ2n) is 6.27. The van der Waals surface area contributed by atoms with Gasteiger partial charge in [0.1, 0.15) is 0 Å². The highest BCUT2D eigenvalue weighted by molar-refractivity contribution is 6.30. The van der Waals surface area contributed by atoms with Crippen molar-refractivity contribution in [2.75, 3.05) is 6.61 Å². The first kappa shape index (κ1) is 20.5. The Morgan fingerprint density at radius 3 is 2.17 bits per heavy atom. The third-order valence-corrected chi connectivity index (χ3v) is 4.56. The fraction of sp³-hybridized carbons (Fsp3) is 0.0833. The quantitative estimate of drug-likeness (QED) is 0.467. The Bertz CT molecular complexity index is 1180. The second kappa shape index (κ2) is 9.32. The first-order valence-electron chi connectivity index (χ1n) is 9.18. The van der Waals surface area contributed by atoms with Gasteiger partial charge in [-0.25, -0.2) is 0 Å². The lowest BCUT2D eigenvalue weighted by Crippen LogP contribution is -2.16. The minimum Gasteiger partial charge on any atom is -0.397 e. The van der Waals surface area contributed by atoms with Crippen LogP contribution in [0.25, 0.3) is 22.0 Å². The molecule has 4 aromatic rings. The van der Waals surface area contributed by atoms with Crippen molar-refractivity contribution in [1.29, 1.82) is 0 Å². The molecule has 0 fully saturated rings. The lowest BCUT2D eigenvalue weighted by atomic mass is 9.96. The molecule has 0 saturated carbocycles. The van der Waals surface area contributed by atoms with E-state index in [0.717, 1.165) is 0 Å². The Kier molecular flexibility index (Phi) is 6.60. The molecule has 0 atom stereocenters. The third kappa shape index (κ3) is 4.45. The minimum absolute atomic E-state index is 0.164. The van der Waals surface area contributed by atoms with E-state index in [2.05, 4.69) is 4.98 Å². The highest BCUT2D eigenvalue weighted by atomic mass is 35.5. The number of aliphatic hydroxyl groups is 1. The topological polar surface area (TPSA) is 70.2 Å². The van der Waals surface area contributed by atoms with Crippen molar-refractivity contribution in [1.82, 2.24) is 4.98 Å². The molecule has 1 aromatic heterocycles. The van der Waals surface area contributed by atoms with Gasteiger partial charge in [0.25, 0.3) is 0 Å². The van der Waals surface area contributed by atoms with Crippen LogP contribution in [0.15, 0.2) is 83.7 Å². The summed E-state index contributed by atoms with van der Waals surface area (Å²) >= 11 is 5.92. The number of hydrogen-bond donors (Lipinski definition) is 2. The van der Waals surface area contributed by atoms with E-state index in [4.69, 9.17) is 16.7 Å². The van der Waals surface area contributed by atoms with E-state index in [1.165, 1.54) is 0 Å². The van der Waals surface area contributed by atoms with Gasteiger partial charge in [-0.2, -0.15) is 0 Å². The number of hydrogen-bond acceptors (Lipinski definition) is 3.